The van der Waals surface area contributed by atoms with Crippen LogP contribution in [0.15, 0.2) is 0 Å². The van der Waals surface area contributed by atoms with Crippen LogP contribution in [0.5, 0.6) is 0 Å². The molecule has 0 heterocycles. The van der Waals surface area contributed by atoms with Crippen LogP contribution in [0.1, 0.15) is 52.4 Å². The number of amides is 1. The Morgan fingerprint density at radius 2 is 1.83 bits per heavy atom. The zero-order valence-electron chi connectivity index (χ0n) is 11.7. The summed E-state index contributed by atoms with van der Waals surface area (Å²) in [6.07, 6.45) is 6.62. The van der Waals surface area contributed by atoms with Crippen molar-refractivity contribution in [2.75, 3.05) is 19.8 Å². The summed E-state index contributed by atoms with van der Waals surface area (Å²) in [5.41, 5.74) is 0. The highest BCUT2D eigenvalue weighted by Gasteiger charge is 2.16. The first-order valence-electron chi connectivity index (χ1n) is 7.26. The van der Waals surface area contributed by atoms with Gasteiger partial charge in [0.1, 0.15) is 0 Å². The first kappa shape index (κ1) is 15.4. The van der Waals surface area contributed by atoms with Crippen LogP contribution in [-0.2, 0) is 14.3 Å². The summed E-state index contributed by atoms with van der Waals surface area (Å²) in [4.78, 5) is 11.7. The molecule has 0 spiro atoms. The van der Waals surface area contributed by atoms with Crippen molar-refractivity contribution in [2.45, 2.75) is 58.7 Å². The topological polar surface area (TPSA) is 47.6 Å². The second-order valence-electron chi connectivity index (χ2n) is 4.83. The van der Waals surface area contributed by atoms with Crippen LogP contribution in [-0.4, -0.2) is 32.0 Å². The SMILES string of the molecule is CCOC(CNC(=O)CCC1CCCC1)OCC. The smallest absolute Gasteiger partial charge is 0.220 e. The Balaban J connectivity index is 2.10. The maximum Gasteiger partial charge on any atom is 0.220 e. The average molecular weight is 257 g/mol. The van der Waals surface area contributed by atoms with Crippen molar-refractivity contribution >= 4 is 5.91 Å². The number of hydrogen-bond acceptors (Lipinski definition) is 3. The average Bonchev–Trinajstić information content (AvgIpc) is 2.87. The van der Waals surface area contributed by atoms with Crippen LogP contribution in [0.4, 0.5) is 0 Å². The van der Waals surface area contributed by atoms with Crippen LogP contribution < -0.4 is 5.32 Å². The summed E-state index contributed by atoms with van der Waals surface area (Å²) >= 11 is 0. The van der Waals surface area contributed by atoms with Crippen molar-refractivity contribution in [3.05, 3.63) is 0 Å². The third-order valence-corrected chi connectivity index (χ3v) is 3.43. The van der Waals surface area contributed by atoms with Gasteiger partial charge in [-0.1, -0.05) is 25.7 Å². The number of rotatable bonds is 9. The van der Waals surface area contributed by atoms with Gasteiger partial charge < -0.3 is 14.8 Å². The van der Waals surface area contributed by atoms with Gasteiger partial charge in [-0.15, -0.1) is 0 Å². The van der Waals surface area contributed by atoms with Crippen molar-refractivity contribution in [3.8, 4) is 0 Å². The first-order chi connectivity index (χ1) is 8.76. The molecule has 0 saturated heterocycles. The summed E-state index contributed by atoms with van der Waals surface area (Å²) in [6.45, 7) is 5.50. The monoisotopic (exact) mass is 257 g/mol. The molecule has 0 atom stereocenters. The van der Waals surface area contributed by atoms with Crippen molar-refractivity contribution in [1.82, 2.24) is 5.32 Å². The summed E-state index contributed by atoms with van der Waals surface area (Å²) in [7, 11) is 0. The van der Waals surface area contributed by atoms with Gasteiger partial charge in [-0.05, 0) is 26.2 Å². The standard InChI is InChI=1S/C14H27NO3/c1-3-17-14(18-4-2)11-15-13(16)10-9-12-7-5-6-8-12/h12,14H,3-11H2,1-2H3,(H,15,16). The Labute approximate surface area is 110 Å². The van der Waals surface area contributed by atoms with E-state index in [2.05, 4.69) is 5.32 Å². The van der Waals surface area contributed by atoms with Crippen molar-refractivity contribution in [2.24, 2.45) is 5.92 Å². The molecule has 1 aliphatic carbocycles. The molecule has 1 N–H and O–H groups in total. The van der Waals surface area contributed by atoms with Gasteiger partial charge in [0.25, 0.3) is 0 Å². The van der Waals surface area contributed by atoms with Crippen molar-refractivity contribution in [1.29, 1.82) is 0 Å². The molecular formula is C14H27NO3. The molecular weight excluding hydrogens is 230 g/mol. The lowest BCUT2D eigenvalue weighted by Crippen LogP contribution is -2.35. The Morgan fingerprint density at radius 3 is 2.39 bits per heavy atom. The molecule has 1 rings (SSSR count). The number of nitrogens with one attached hydrogen (secondary N) is 1. The van der Waals surface area contributed by atoms with Gasteiger partial charge in [0.05, 0.1) is 6.54 Å². The van der Waals surface area contributed by atoms with Gasteiger partial charge in [0.2, 0.25) is 5.91 Å². The fraction of sp³-hybridized carbons (Fsp3) is 0.929. The third kappa shape index (κ3) is 6.36. The van der Waals surface area contributed by atoms with E-state index in [4.69, 9.17) is 9.47 Å². The molecule has 18 heavy (non-hydrogen) atoms. The molecule has 0 aromatic carbocycles. The van der Waals surface area contributed by atoms with Crippen molar-refractivity contribution < 1.29 is 14.3 Å². The highest BCUT2D eigenvalue weighted by atomic mass is 16.7. The van der Waals surface area contributed by atoms with Crippen LogP contribution in [0, 0.1) is 5.92 Å². The Bertz CT molecular complexity index is 221. The largest absolute Gasteiger partial charge is 0.351 e. The fourth-order valence-electron chi connectivity index (χ4n) is 2.46. The molecule has 4 nitrogen and oxygen atoms in total. The van der Waals surface area contributed by atoms with Crippen LogP contribution in [0.2, 0.25) is 0 Å². The minimum atomic E-state index is -0.310. The van der Waals surface area contributed by atoms with E-state index in [-0.39, 0.29) is 12.2 Å². The molecule has 1 saturated carbocycles. The zero-order chi connectivity index (χ0) is 13.2. The molecule has 4 heteroatoms. The van der Waals surface area contributed by atoms with Gasteiger partial charge in [0, 0.05) is 19.6 Å². The molecule has 0 unspecified atom stereocenters. The van der Waals surface area contributed by atoms with Crippen LogP contribution in [0.3, 0.4) is 0 Å². The van der Waals surface area contributed by atoms with Gasteiger partial charge in [-0.2, -0.15) is 0 Å². The maximum absolute atomic E-state index is 11.7. The summed E-state index contributed by atoms with van der Waals surface area (Å²) in [5.74, 6) is 0.886. The maximum atomic E-state index is 11.7. The number of hydrogen-bond donors (Lipinski definition) is 1. The summed E-state index contributed by atoms with van der Waals surface area (Å²) < 4.78 is 10.7. The quantitative estimate of drug-likeness (QED) is 0.645. The lowest BCUT2D eigenvalue weighted by molar-refractivity contribution is -0.140. The van der Waals surface area contributed by atoms with E-state index < -0.39 is 0 Å². The molecule has 106 valence electrons. The predicted molar refractivity (Wildman–Crippen MR) is 71.2 cm³/mol. The van der Waals surface area contributed by atoms with E-state index in [1.165, 1.54) is 25.7 Å². The third-order valence-electron chi connectivity index (χ3n) is 3.43. The molecule has 0 bridgehead atoms. The van der Waals surface area contributed by atoms with Gasteiger partial charge in [-0.25, -0.2) is 0 Å². The van der Waals surface area contributed by atoms with E-state index in [9.17, 15) is 4.79 Å². The van der Waals surface area contributed by atoms with E-state index in [1.54, 1.807) is 0 Å². The lowest BCUT2D eigenvalue weighted by atomic mass is 10.0. The Kier molecular flexibility index (Phi) is 8.01. The second kappa shape index (κ2) is 9.34. The van der Waals surface area contributed by atoms with E-state index in [0.717, 1.165) is 12.3 Å². The highest BCUT2D eigenvalue weighted by Crippen LogP contribution is 2.28. The number of carbonyl (C=O) groups excluding carboxylic acids is 1. The molecule has 0 aromatic rings. The van der Waals surface area contributed by atoms with E-state index >= 15 is 0 Å². The van der Waals surface area contributed by atoms with Crippen LogP contribution in [0.25, 0.3) is 0 Å². The molecule has 1 aliphatic rings. The zero-order valence-corrected chi connectivity index (χ0v) is 11.7. The minimum Gasteiger partial charge on any atom is -0.351 e. The normalized spacial score (nSPS) is 16.4. The highest BCUT2D eigenvalue weighted by molar-refractivity contribution is 5.75. The lowest BCUT2D eigenvalue weighted by Gasteiger charge is -2.17. The van der Waals surface area contributed by atoms with Gasteiger partial charge >= 0.3 is 0 Å². The number of ether oxygens (including phenoxy) is 2. The molecule has 0 aliphatic heterocycles. The first-order valence-corrected chi connectivity index (χ1v) is 7.26. The molecule has 1 fully saturated rings. The van der Waals surface area contributed by atoms with Gasteiger partial charge in [-0.3, -0.25) is 4.79 Å². The van der Waals surface area contributed by atoms with E-state index in [0.29, 0.717) is 26.2 Å². The Morgan fingerprint density at radius 1 is 1.22 bits per heavy atom. The fourth-order valence-corrected chi connectivity index (χ4v) is 2.46. The molecule has 0 aromatic heterocycles. The van der Waals surface area contributed by atoms with Crippen molar-refractivity contribution in [3.63, 3.8) is 0 Å². The van der Waals surface area contributed by atoms with E-state index in [1.807, 2.05) is 13.8 Å². The molecule has 1 amide bonds. The molecule has 0 radical (unpaired) electrons. The summed E-state index contributed by atoms with van der Waals surface area (Å²) in [6, 6.07) is 0. The van der Waals surface area contributed by atoms with Gasteiger partial charge in [0.15, 0.2) is 6.29 Å². The van der Waals surface area contributed by atoms with Crippen LogP contribution >= 0.6 is 0 Å². The Hall–Kier alpha value is -0.610. The minimum absolute atomic E-state index is 0.117. The number of carbonyl (C=O) groups is 1. The summed E-state index contributed by atoms with van der Waals surface area (Å²) in [5, 5.41) is 2.89. The second-order valence-corrected chi connectivity index (χ2v) is 4.83. The predicted octanol–water partition coefficient (Wildman–Crippen LogP) is 2.47.